The molecule has 116 valence electrons. The number of carbonyl (C=O) groups excluding carboxylic acids is 1. The zero-order chi connectivity index (χ0) is 15.7. The van der Waals surface area contributed by atoms with Gasteiger partial charge in [-0.3, -0.25) is 9.69 Å². The molecule has 2 aliphatic rings. The number of carbonyl (C=O) groups is 1. The van der Waals surface area contributed by atoms with Crippen LogP contribution in [-0.2, 0) is 4.79 Å². The van der Waals surface area contributed by atoms with E-state index in [1.165, 1.54) is 35.9 Å². The van der Waals surface area contributed by atoms with E-state index in [1.807, 2.05) is 13.0 Å². The molecule has 0 radical (unpaired) electrons. The van der Waals surface area contributed by atoms with E-state index in [0.29, 0.717) is 10.9 Å². The number of anilines is 1. The second-order valence-electron chi connectivity index (χ2n) is 5.67. The van der Waals surface area contributed by atoms with Gasteiger partial charge in [0.15, 0.2) is 0 Å². The van der Waals surface area contributed by atoms with Crippen molar-refractivity contribution in [1.29, 1.82) is 0 Å². The van der Waals surface area contributed by atoms with Crippen LogP contribution in [0.4, 0.5) is 5.69 Å². The first-order valence-electron chi connectivity index (χ1n) is 7.71. The number of amides is 1. The quantitative estimate of drug-likeness (QED) is 0.620. The summed E-state index contributed by atoms with van der Waals surface area (Å²) in [5, 5.41) is 0. The van der Waals surface area contributed by atoms with Crippen LogP contribution < -0.4 is 4.90 Å². The first-order valence-corrected chi connectivity index (χ1v) is 8.93. The molecule has 0 aromatic heterocycles. The molecule has 0 spiro atoms. The van der Waals surface area contributed by atoms with Gasteiger partial charge in [-0.05, 0) is 56.0 Å². The van der Waals surface area contributed by atoms with Gasteiger partial charge in [0.05, 0.1) is 4.91 Å². The van der Waals surface area contributed by atoms with Crippen molar-refractivity contribution in [3.63, 3.8) is 0 Å². The van der Waals surface area contributed by atoms with Crippen molar-refractivity contribution in [2.45, 2.75) is 26.7 Å². The van der Waals surface area contributed by atoms with E-state index in [1.54, 1.807) is 4.90 Å². The van der Waals surface area contributed by atoms with E-state index in [0.717, 1.165) is 23.6 Å². The molecule has 1 amide bonds. The number of likely N-dealkylation sites (N-methyl/N-ethyl adjacent to an activating group) is 1. The number of rotatable bonds is 3. The highest BCUT2D eigenvalue weighted by Crippen LogP contribution is 2.33. The van der Waals surface area contributed by atoms with Crippen molar-refractivity contribution < 1.29 is 4.79 Å². The van der Waals surface area contributed by atoms with Gasteiger partial charge in [-0.25, -0.2) is 0 Å². The maximum Gasteiger partial charge on any atom is 0.266 e. The normalized spacial score (nSPS) is 20.5. The fourth-order valence-corrected chi connectivity index (χ4v) is 4.39. The minimum Gasteiger partial charge on any atom is -0.371 e. The van der Waals surface area contributed by atoms with Gasteiger partial charge >= 0.3 is 0 Å². The van der Waals surface area contributed by atoms with E-state index < -0.39 is 0 Å². The lowest BCUT2D eigenvalue weighted by Gasteiger charge is -2.20. The van der Waals surface area contributed by atoms with Crippen LogP contribution in [0.5, 0.6) is 0 Å². The lowest BCUT2D eigenvalue weighted by molar-refractivity contribution is -0.121. The third-order valence-electron chi connectivity index (χ3n) is 4.16. The van der Waals surface area contributed by atoms with Crippen molar-refractivity contribution in [3.8, 4) is 0 Å². The summed E-state index contributed by atoms with van der Waals surface area (Å²) in [6.07, 6.45) is 4.51. The van der Waals surface area contributed by atoms with Crippen LogP contribution in [0.2, 0.25) is 0 Å². The molecule has 3 nitrogen and oxygen atoms in total. The highest BCUT2D eigenvalue weighted by molar-refractivity contribution is 8.26. The summed E-state index contributed by atoms with van der Waals surface area (Å²) in [5.41, 5.74) is 3.65. The molecule has 2 aliphatic heterocycles. The summed E-state index contributed by atoms with van der Waals surface area (Å²) in [7, 11) is 0. The SMILES string of the molecule is CCN1C(=O)C(=Cc2ccc(N3CCCC3)c(C)c2)SC1=S. The Morgan fingerprint density at radius 3 is 2.64 bits per heavy atom. The number of aryl methyl sites for hydroxylation is 1. The average molecular weight is 332 g/mol. The summed E-state index contributed by atoms with van der Waals surface area (Å²) in [5.74, 6) is 0.0266. The molecule has 5 heteroatoms. The molecular weight excluding hydrogens is 312 g/mol. The van der Waals surface area contributed by atoms with Crippen molar-refractivity contribution in [2.75, 3.05) is 24.5 Å². The zero-order valence-electron chi connectivity index (χ0n) is 13.0. The Hall–Kier alpha value is -1.33. The second-order valence-corrected chi connectivity index (χ2v) is 7.34. The highest BCUT2D eigenvalue weighted by Gasteiger charge is 2.30. The topological polar surface area (TPSA) is 23.6 Å². The summed E-state index contributed by atoms with van der Waals surface area (Å²) >= 11 is 6.64. The minimum atomic E-state index is 0.0266. The van der Waals surface area contributed by atoms with Crippen LogP contribution in [-0.4, -0.2) is 34.8 Å². The third-order valence-corrected chi connectivity index (χ3v) is 5.53. The van der Waals surface area contributed by atoms with Crippen LogP contribution in [0.1, 0.15) is 30.9 Å². The Morgan fingerprint density at radius 1 is 1.32 bits per heavy atom. The van der Waals surface area contributed by atoms with E-state index >= 15 is 0 Å². The smallest absolute Gasteiger partial charge is 0.266 e. The number of thiocarbonyl (C=S) groups is 1. The fraction of sp³-hybridized carbons (Fsp3) is 0.412. The van der Waals surface area contributed by atoms with Crippen molar-refractivity contribution >= 4 is 46.0 Å². The highest BCUT2D eigenvalue weighted by atomic mass is 32.2. The Bertz CT molecular complexity index is 648. The van der Waals surface area contributed by atoms with Gasteiger partial charge in [0, 0.05) is 25.3 Å². The molecule has 3 rings (SSSR count). The van der Waals surface area contributed by atoms with Crippen LogP contribution in [0.25, 0.3) is 6.08 Å². The monoisotopic (exact) mass is 332 g/mol. The molecule has 2 heterocycles. The van der Waals surface area contributed by atoms with Crippen LogP contribution in [0, 0.1) is 6.92 Å². The Morgan fingerprint density at radius 2 is 2.05 bits per heavy atom. The van der Waals surface area contributed by atoms with Gasteiger partial charge in [0.1, 0.15) is 4.32 Å². The van der Waals surface area contributed by atoms with Gasteiger partial charge in [-0.15, -0.1) is 0 Å². The van der Waals surface area contributed by atoms with Crippen molar-refractivity contribution in [3.05, 3.63) is 34.2 Å². The molecule has 2 fully saturated rings. The number of hydrogen-bond acceptors (Lipinski definition) is 4. The summed E-state index contributed by atoms with van der Waals surface area (Å²) in [6, 6.07) is 6.43. The van der Waals surface area contributed by atoms with Gasteiger partial charge in [-0.1, -0.05) is 30.0 Å². The number of thioether (sulfide) groups is 1. The minimum absolute atomic E-state index is 0.0266. The maximum atomic E-state index is 12.3. The summed E-state index contributed by atoms with van der Waals surface area (Å²) in [4.78, 5) is 17.1. The first kappa shape index (κ1) is 15.6. The molecule has 0 bridgehead atoms. The molecule has 1 aromatic carbocycles. The number of nitrogens with zero attached hydrogens (tertiary/aromatic N) is 2. The predicted molar refractivity (Wildman–Crippen MR) is 98.2 cm³/mol. The van der Waals surface area contributed by atoms with Crippen molar-refractivity contribution in [1.82, 2.24) is 4.90 Å². The third kappa shape index (κ3) is 2.92. The standard InChI is InChI=1S/C17H20N2OS2/c1-3-19-16(20)15(22-17(19)21)11-13-6-7-14(12(2)10-13)18-8-4-5-9-18/h6-7,10-11H,3-5,8-9H2,1-2H3. The molecule has 0 aliphatic carbocycles. The fourth-order valence-electron chi connectivity index (χ4n) is 3.01. The molecule has 2 saturated heterocycles. The Balaban J connectivity index is 1.84. The van der Waals surface area contributed by atoms with E-state index in [2.05, 4.69) is 30.0 Å². The van der Waals surface area contributed by atoms with Gasteiger partial charge in [0.25, 0.3) is 5.91 Å². The predicted octanol–water partition coefficient (Wildman–Crippen LogP) is 3.82. The Kier molecular flexibility index (Phi) is 4.54. The van der Waals surface area contributed by atoms with Crippen LogP contribution in [0.15, 0.2) is 23.1 Å². The average Bonchev–Trinajstić information content (AvgIpc) is 3.09. The van der Waals surface area contributed by atoms with E-state index in [9.17, 15) is 4.79 Å². The van der Waals surface area contributed by atoms with Crippen molar-refractivity contribution in [2.24, 2.45) is 0 Å². The summed E-state index contributed by atoms with van der Waals surface area (Å²) in [6.45, 7) is 7.02. The maximum absolute atomic E-state index is 12.3. The lowest BCUT2D eigenvalue weighted by atomic mass is 10.1. The largest absolute Gasteiger partial charge is 0.371 e. The van der Waals surface area contributed by atoms with Gasteiger partial charge in [-0.2, -0.15) is 0 Å². The molecule has 22 heavy (non-hydrogen) atoms. The Labute approximate surface area is 141 Å². The van der Waals surface area contributed by atoms with Crippen LogP contribution in [0.3, 0.4) is 0 Å². The van der Waals surface area contributed by atoms with E-state index in [-0.39, 0.29) is 5.91 Å². The molecule has 0 N–H and O–H groups in total. The second kappa shape index (κ2) is 6.42. The van der Waals surface area contributed by atoms with Gasteiger partial charge in [0.2, 0.25) is 0 Å². The molecular formula is C17H20N2OS2. The zero-order valence-corrected chi connectivity index (χ0v) is 14.6. The number of hydrogen-bond donors (Lipinski definition) is 0. The summed E-state index contributed by atoms with van der Waals surface area (Å²) < 4.78 is 0.657. The lowest BCUT2D eigenvalue weighted by Crippen LogP contribution is -2.27. The molecule has 1 aromatic rings. The molecule has 0 unspecified atom stereocenters. The number of benzene rings is 1. The van der Waals surface area contributed by atoms with Gasteiger partial charge < -0.3 is 4.90 Å². The van der Waals surface area contributed by atoms with E-state index in [4.69, 9.17) is 12.2 Å². The molecule has 0 saturated carbocycles. The molecule has 0 atom stereocenters. The first-order chi connectivity index (χ1) is 10.6. The van der Waals surface area contributed by atoms with Crippen LogP contribution >= 0.6 is 24.0 Å².